The number of piperidine rings is 1. The molecule has 0 bridgehead atoms. The number of rotatable bonds is 3. The zero-order valence-electron chi connectivity index (χ0n) is 11.6. The summed E-state index contributed by atoms with van der Waals surface area (Å²) in [5.41, 5.74) is 1.12. The van der Waals surface area contributed by atoms with E-state index in [-0.39, 0.29) is 11.9 Å². The van der Waals surface area contributed by atoms with E-state index >= 15 is 0 Å². The predicted octanol–water partition coefficient (Wildman–Crippen LogP) is 3.55. The van der Waals surface area contributed by atoms with E-state index in [9.17, 15) is 4.39 Å². The average molecular weight is 253 g/mol. The summed E-state index contributed by atoms with van der Waals surface area (Å²) in [6.07, 6.45) is 2.97. The highest BCUT2D eigenvalue weighted by atomic mass is 19.1. The molecule has 1 aliphatic rings. The highest BCUT2D eigenvalue weighted by Gasteiger charge is 2.16. The topological polar surface area (TPSA) is 21.3 Å². The molecule has 0 radical (unpaired) electrons. The SMILES string of the molecule is CC.CCc1ccc(F)c(OC2CCNCC2)c1. The van der Waals surface area contributed by atoms with Gasteiger partial charge < -0.3 is 10.1 Å². The maximum Gasteiger partial charge on any atom is 0.165 e. The Bertz CT molecular complexity index is 348. The van der Waals surface area contributed by atoms with Crippen LogP contribution in [0.1, 0.15) is 39.2 Å². The summed E-state index contributed by atoms with van der Waals surface area (Å²) in [4.78, 5) is 0. The largest absolute Gasteiger partial charge is 0.487 e. The molecule has 0 atom stereocenters. The second-order valence-electron chi connectivity index (χ2n) is 4.19. The Kier molecular flexibility index (Phi) is 6.73. The molecule has 18 heavy (non-hydrogen) atoms. The van der Waals surface area contributed by atoms with Crippen molar-refractivity contribution in [2.45, 2.75) is 46.1 Å². The van der Waals surface area contributed by atoms with Gasteiger partial charge in [0.15, 0.2) is 11.6 Å². The molecule has 1 aromatic rings. The maximum atomic E-state index is 13.5. The first-order valence-electron chi connectivity index (χ1n) is 6.95. The highest BCUT2D eigenvalue weighted by Crippen LogP contribution is 2.22. The third kappa shape index (κ3) is 4.30. The lowest BCUT2D eigenvalue weighted by Gasteiger charge is -2.24. The van der Waals surface area contributed by atoms with E-state index in [1.54, 1.807) is 0 Å². The number of hydrogen-bond donors (Lipinski definition) is 1. The summed E-state index contributed by atoms with van der Waals surface area (Å²) in [6, 6.07) is 5.12. The van der Waals surface area contributed by atoms with Gasteiger partial charge in [-0.05, 0) is 50.0 Å². The molecule has 0 aliphatic carbocycles. The summed E-state index contributed by atoms with van der Waals surface area (Å²) in [7, 11) is 0. The van der Waals surface area contributed by atoms with Gasteiger partial charge in [0.2, 0.25) is 0 Å². The van der Waals surface area contributed by atoms with Crippen LogP contribution in [0.15, 0.2) is 18.2 Å². The number of hydrogen-bond acceptors (Lipinski definition) is 2. The van der Waals surface area contributed by atoms with Crippen molar-refractivity contribution in [2.75, 3.05) is 13.1 Å². The molecule has 1 aliphatic heterocycles. The molecule has 102 valence electrons. The van der Waals surface area contributed by atoms with Crippen LogP contribution >= 0.6 is 0 Å². The van der Waals surface area contributed by atoms with Crippen molar-refractivity contribution in [1.29, 1.82) is 0 Å². The third-order valence-corrected chi connectivity index (χ3v) is 2.98. The summed E-state index contributed by atoms with van der Waals surface area (Å²) in [5.74, 6) is 0.155. The Hall–Kier alpha value is -1.09. The van der Waals surface area contributed by atoms with Crippen LogP contribution in [-0.4, -0.2) is 19.2 Å². The molecule has 0 saturated carbocycles. The van der Waals surface area contributed by atoms with E-state index in [0.29, 0.717) is 5.75 Å². The van der Waals surface area contributed by atoms with Crippen LogP contribution in [0.25, 0.3) is 0 Å². The molecule has 1 fully saturated rings. The molecular formula is C15H24FNO. The highest BCUT2D eigenvalue weighted by molar-refractivity contribution is 5.30. The summed E-state index contributed by atoms with van der Waals surface area (Å²) >= 11 is 0. The molecule has 1 N–H and O–H groups in total. The van der Waals surface area contributed by atoms with Gasteiger partial charge in [0, 0.05) is 0 Å². The van der Waals surface area contributed by atoms with Crippen molar-refractivity contribution < 1.29 is 9.13 Å². The smallest absolute Gasteiger partial charge is 0.165 e. The van der Waals surface area contributed by atoms with Crippen molar-refractivity contribution in [2.24, 2.45) is 0 Å². The Morgan fingerprint density at radius 2 is 1.94 bits per heavy atom. The van der Waals surface area contributed by atoms with Crippen LogP contribution in [-0.2, 0) is 6.42 Å². The lowest BCUT2D eigenvalue weighted by Crippen LogP contribution is -2.34. The number of ether oxygens (including phenoxy) is 1. The normalized spacial score (nSPS) is 15.8. The second-order valence-corrected chi connectivity index (χ2v) is 4.19. The van der Waals surface area contributed by atoms with Crippen molar-refractivity contribution in [3.8, 4) is 5.75 Å². The van der Waals surface area contributed by atoms with Gasteiger partial charge in [0.25, 0.3) is 0 Å². The van der Waals surface area contributed by atoms with Gasteiger partial charge in [-0.3, -0.25) is 0 Å². The van der Waals surface area contributed by atoms with Gasteiger partial charge in [0.05, 0.1) is 0 Å². The quantitative estimate of drug-likeness (QED) is 0.889. The van der Waals surface area contributed by atoms with Crippen LogP contribution in [0.4, 0.5) is 4.39 Å². The van der Waals surface area contributed by atoms with Gasteiger partial charge in [-0.2, -0.15) is 0 Å². The van der Waals surface area contributed by atoms with E-state index in [0.717, 1.165) is 37.9 Å². The first-order chi connectivity index (χ1) is 8.79. The number of aryl methyl sites for hydroxylation is 1. The fourth-order valence-electron chi connectivity index (χ4n) is 1.95. The van der Waals surface area contributed by atoms with Crippen molar-refractivity contribution >= 4 is 0 Å². The van der Waals surface area contributed by atoms with E-state index in [2.05, 4.69) is 12.2 Å². The maximum absolute atomic E-state index is 13.5. The van der Waals surface area contributed by atoms with Crippen molar-refractivity contribution in [1.82, 2.24) is 5.32 Å². The molecule has 0 unspecified atom stereocenters. The molecule has 2 nitrogen and oxygen atoms in total. The fraction of sp³-hybridized carbons (Fsp3) is 0.600. The average Bonchev–Trinajstić information content (AvgIpc) is 2.45. The second kappa shape index (κ2) is 8.09. The molecule has 2 rings (SSSR count). The van der Waals surface area contributed by atoms with Crippen molar-refractivity contribution in [3.05, 3.63) is 29.6 Å². The Morgan fingerprint density at radius 1 is 1.28 bits per heavy atom. The molecule has 0 aromatic heterocycles. The summed E-state index contributed by atoms with van der Waals surface area (Å²) in [6.45, 7) is 7.97. The number of halogens is 1. The van der Waals surface area contributed by atoms with Crippen molar-refractivity contribution in [3.63, 3.8) is 0 Å². The molecule has 1 aromatic carbocycles. The van der Waals surface area contributed by atoms with E-state index in [1.165, 1.54) is 6.07 Å². The van der Waals surface area contributed by atoms with Crippen LogP contribution < -0.4 is 10.1 Å². The molecule has 3 heteroatoms. The zero-order valence-corrected chi connectivity index (χ0v) is 11.6. The lowest BCUT2D eigenvalue weighted by molar-refractivity contribution is 0.156. The monoisotopic (exact) mass is 253 g/mol. The molecule has 0 amide bonds. The molecule has 0 spiro atoms. The van der Waals surface area contributed by atoms with Crippen LogP contribution in [0, 0.1) is 5.82 Å². The molecular weight excluding hydrogens is 229 g/mol. The Labute approximate surface area is 110 Å². The fourth-order valence-corrected chi connectivity index (χ4v) is 1.95. The predicted molar refractivity (Wildman–Crippen MR) is 73.6 cm³/mol. The first-order valence-corrected chi connectivity index (χ1v) is 6.95. The van der Waals surface area contributed by atoms with Gasteiger partial charge in [-0.1, -0.05) is 26.8 Å². The third-order valence-electron chi connectivity index (χ3n) is 2.98. The van der Waals surface area contributed by atoms with Crippen LogP contribution in [0.2, 0.25) is 0 Å². The van der Waals surface area contributed by atoms with E-state index in [4.69, 9.17) is 4.74 Å². The number of nitrogens with one attached hydrogen (secondary N) is 1. The molecule has 1 saturated heterocycles. The van der Waals surface area contributed by atoms with Gasteiger partial charge in [-0.25, -0.2) is 4.39 Å². The number of benzene rings is 1. The lowest BCUT2D eigenvalue weighted by atomic mass is 10.1. The van der Waals surface area contributed by atoms with Gasteiger partial charge >= 0.3 is 0 Å². The molecule has 1 heterocycles. The van der Waals surface area contributed by atoms with Crippen LogP contribution in [0.5, 0.6) is 5.75 Å². The minimum absolute atomic E-state index is 0.155. The minimum atomic E-state index is -0.254. The van der Waals surface area contributed by atoms with Gasteiger partial charge in [-0.15, -0.1) is 0 Å². The van der Waals surface area contributed by atoms with Gasteiger partial charge in [0.1, 0.15) is 6.10 Å². The van der Waals surface area contributed by atoms with E-state index in [1.807, 2.05) is 26.0 Å². The Morgan fingerprint density at radius 3 is 2.56 bits per heavy atom. The minimum Gasteiger partial charge on any atom is -0.487 e. The van der Waals surface area contributed by atoms with Crippen LogP contribution in [0.3, 0.4) is 0 Å². The standard InChI is InChI=1S/C13H18FNO.C2H6/c1-2-10-3-4-12(14)13(9-10)16-11-5-7-15-8-6-11;1-2/h3-4,9,11,15H,2,5-8H2,1H3;1-2H3. The Balaban J connectivity index is 0.000000771. The van der Waals surface area contributed by atoms with E-state index < -0.39 is 0 Å². The first kappa shape index (κ1) is 15.0. The summed E-state index contributed by atoms with van der Waals surface area (Å²) in [5, 5.41) is 3.26. The summed E-state index contributed by atoms with van der Waals surface area (Å²) < 4.78 is 19.2. The zero-order chi connectivity index (χ0) is 13.4.